The van der Waals surface area contributed by atoms with Crippen LogP contribution in [0.2, 0.25) is 0 Å². The first kappa shape index (κ1) is 12.3. The molecule has 0 spiro atoms. The molecule has 1 heterocycles. The molecular weight excluding hydrogens is 230 g/mol. The maximum absolute atomic E-state index is 11.2. The summed E-state index contributed by atoms with van der Waals surface area (Å²) in [7, 11) is 0. The zero-order valence-electron chi connectivity index (χ0n) is 9.86. The normalized spacial score (nSPS) is 12.2. The monoisotopic (exact) mass is 245 g/mol. The van der Waals surface area contributed by atoms with E-state index in [1.54, 1.807) is 12.5 Å². The summed E-state index contributed by atoms with van der Waals surface area (Å²) in [6.07, 6.45) is 5.26. The molecule has 94 valence electrons. The standard InChI is InChI=1S/C13H15N3O2/c17-13(18)12(11-4-2-1-3-5-11)15-7-9-16-8-6-14-10-16/h1-6,8,10,12,15H,7,9H2,(H,17,18). The van der Waals surface area contributed by atoms with Crippen molar-refractivity contribution in [1.82, 2.24) is 14.9 Å². The molecule has 0 saturated carbocycles. The Morgan fingerprint density at radius 1 is 1.39 bits per heavy atom. The first-order valence-corrected chi connectivity index (χ1v) is 5.74. The number of hydrogen-bond acceptors (Lipinski definition) is 3. The molecule has 1 aromatic carbocycles. The van der Waals surface area contributed by atoms with Crippen molar-refractivity contribution in [2.45, 2.75) is 12.6 Å². The summed E-state index contributed by atoms with van der Waals surface area (Å²) in [5, 5.41) is 12.2. The van der Waals surface area contributed by atoms with Gasteiger partial charge in [-0.25, -0.2) is 4.98 Å². The molecule has 1 unspecified atom stereocenters. The van der Waals surface area contributed by atoms with Crippen molar-refractivity contribution in [1.29, 1.82) is 0 Å². The molecule has 0 radical (unpaired) electrons. The second-order valence-corrected chi connectivity index (χ2v) is 3.94. The Morgan fingerprint density at radius 2 is 2.17 bits per heavy atom. The minimum atomic E-state index is -0.869. The van der Waals surface area contributed by atoms with Crippen LogP contribution >= 0.6 is 0 Å². The predicted molar refractivity (Wildman–Crippen MR) is 67.0 cm³/mol. The Balaban J connectivity index is 1.93. The largest absolute Gasteiger partial charge is 0.480 e. The van der Waals surface area contributed by atoms with Crippen LogP contribution in [0.3, 0.4) is 0 Å². The molecule has 0 saturated heterocycles. The van der Waals surface area contributed by atoms with Gasteiger partial charge in [-0.2, -0.15) is 0 Å². The van der Waals surface area contributed by atoms with Gasteiger partial charge in [-0.3, -0.25) is 10.1 Å². The number of nitrogens with one attached hydrogen (secondary N) is 1. The molecule has 0 aliphatic rings. The highest BCUT2D eigenvalue weighted by atomic mass is 16.4. The molecule has 0 aliphatic heterocycles. The minimum Gasteiger partial charge on any atom is -0.480 e. The number of carboxylic acids is 1. The summed E-state index contributed by atoms with van der Waals surface area (Å²) >= 11 is 0. The third-order valence-corrected chi connectivity index (χ3v) is 2.66. The van der Waals surface area contributed by atoms with E-state index in [0.29, 0.717) is 13.1 Å². The third-order valence-electron chi connectivity index (χ3n) is 2.66. The van der Waals surface area contributed by atoms with E-state index in [9.17, 15) is 9.90 Å². The molecule has 0 amide bonds. The number of hydrogen-bond donors (Lipinski definition) is 2. The van der Waals surface area contributed by atoms with Gasteiger partial charge in [0.2, 0.25) is 0 Å². The van der Waals surface area contributed by atoms with Crippen LogP contribution < -0.4 is 5.32 Å². The Bertz CT molecular complexity index is 482. The summed E-state index contributed by atoms with van der Waals surface area (Å²) in [6.45, 7) is 1.26. The SMILES string of the molecule is O=C(O)C(NCCn1ccnc1)c1ccccc1. The lowest BCUT2D eigenvalue weighted by molar-refractivity contribution is -0.139. The van der Waals surface area contributed by atoms with E-state index in [2.05, 4.69) is 10.3 Å². The first-order valence-electron chi connectivity index (χ1n) is 5.74. The lowest BCUT2D eigenvalue weighted by Crippen LogP contribution is -2.30. The summed E-state index contributed by atoms with van der Waals surface area (Å²) in [5.74, 6) is -0.869. The van der Waals surface area contributed by atoms with Gasteiger partial charge < -0.3 is 9.67 Å². The lowest BCUT2D eigenvalue weighted by atomic mass is 10.1. The number of imidazole rings is 1. The zero-order valence-corrected chi connectivity index (χ0v) is 9.86. The van der Waals surface area contributed by atoms with Gasteiger partial charge in [-0.05, 0) is 5.56 Å². The maximum Gasteiger partial charge on any atom is 0.325 e. The second kappa shape index (κ2) is 5.97. The van der Waals surface area contributed by atoms with Gasteiger partial charge in [0.05, 0.1) is 6.33 Å². The Kier molecular flexibility index (Phi) is 4.09. The fraction of sp³-hybridized carbons (Fsp3) is 0.231. The van der Waals surface area contributed by atoms with Gasteiger partial charge in [0.15, 0.2) is 0 Å². The summed E-state index contributed by atoms with van der Waals surface area (Å²) in [6, 6.07) is 8.49. The predicted octanol–water partition coefficient (Wildman–Crippen LogP) is 1.30. The second-order valence-electron chi connectivity index (χ2n) is 3.94. The summed E-state index contributed by atoms with van der Waals surface area (Å²) < 4.78 is 1.90. The van der Waals surface area contributed by atoms with Crippen LogP contribution in [0.15, 0.2) is 49.1 Å². The van der Waals surface area contributed by atoms with E-state index in [-0.39, 0.29) is 0 Å². The van der Waals surface area contributed by atoms with Crippen molar-refractivity contribution in [3.63, 3.8) is 0 Å². The van der Waals surface area contributed by atoms with Gasteiger partial charge >= 0.3 is 5.97 Å². The average Bonchev–Trinajstić information content (AvgIpc) is 2.88. The van der Waals surface area contributed by atoms with Gasteiger partial charge in [0, 0.05) is 25.5 Å². The van der Waals surface area contributed by atoms with Gasteiger partial charge in [0.25, 0.3) is 0 Å². The van der Waals surface area contributed by atoms with Crippen LogP contribution in [0.1, 0.15) is 11.6 Å². The van der Waals surface area contributed by atoms with Crippen LogP contribution in [0.25, 0.3) is 0 Å². The number of nitrogens with zero attached hydrogens (tertiary/aromatic N) is 2. The van der Waals surface area contributed by atoms with Crippen LogP contribution in [0, 0.1) is 0 Å². The van der Waals surface area contributed by atoms with Gasteiger partial charge in [-0.1, -0.05) is 30.3 Å². The number of rotatable bonds is 6. The van der Waals surface area contributed by atoms with Crippen molar-refractivity contribution in [2.75, 3.05) is 6.54 Å². The lowest BCUT2D eigenvalue weighted by Gasteiger charge is -2.14. The van der Waals surface area contributed by atoms with Gasteiger partial charge in [0.1, 0.15) is 6.04 Å². The number of carboxylic acid groups (broad SMARTS) is 1. The molecule has 1 atom stereocenters. The van der Waals surface area contributed by atoms with Crippen LogP contribution in [0.5, 0.6) is 0 Å². The topological polar surface area (TPSA) is 67.2 Å². The van der Waals surface area contributed by atoms with Crippen molar-refractivity contribution >= 4 is 5.97 Å². The van der Waals surface area contributed by atoms with Gasteiger partial charge in [-0.15, -0.1) is 0 Å². The number of carbonyl (C=O) groups is 1. The molecule has 2 rings (SSSR count). The highest BCUT2D eigenvalue weighted by Crippen LogP contribution is 2.12. The van der Waals surface area contributed by atoms with Crippen LogP contribution in [-0.2, 0) is 11.3 Å². The van der Waals surface area contributed by atoms with E-state index in [1.165, 1.54) is 0 Å². The van der Waals surface area contributed by atoms with Crippen LogP contribution in [-0.4, -0.2) is 27.2 Å². The van der Waals surface area contributed by atoms with Crippen molar-refractivity contribution in [3.8, 4) is 0 Å². The van der Waals surface area contributed by atoms with Crippen molar-refractivity contribution in [3.05, 3.63) is 54.6 Å². The minimum absolute atomic E-state index is 0.572. The smallest absolute Gasteiger partial charge is 0.325 e. The Labute approximate surface area is 105 Å². The number of aromatic nitrogens is 2. The average molecular weight is 245 g/mol. The maximum atomic E-state index is 11.2. The van der Waals surface area contributed by atoms with E-state index in [1.807, 2.05) is 41.1 Å². The van der Waals surface area contributed by atoms with Crippen molar-refractivity contribution < 1.29 is 9.90 Å². The van der Waals surface area contributed by atoms with Crippen LogP contribution in [0.4, 0.5) is 0 Å². The molecule has 0 bridgehead atoms. The molecule has 2 N–H and O–H groups in total. The Hall–Kier alpha value is -2.14. The van der Waals surface area contributed by atoms with Crippen molar-refractivity contribution in [2.24, 2.45) is 0 Å². The Morgan fingerprint density at radius 3 is 2.78 bits per heavy atom. The van der Waals surface area contributed by atoms with E-state index in [0.717, 1.165) is 5.56 Å². The molecule has 0 aliphatic carbocycles. The number of aliphatic carboxylic acids is 1. The molecular formula is C13H15N3O2. The summed E-state index contributed by atoms with van der Waals surface area (Å²) in [5.41, 5.74) is 0.760. The quantitative estimate of drug-likeness (QED) is 0.805. The van der Waals surface area contributed by atoms with E-state index in [4.69, 9.17) is 0 Å². The molecule has 5 nitrogen and oxygen atoms in total. The molecule has 18 heavy (non-hydrogen) atoms. The fourth-order valence-electron chi connectivity index (χ4n) is 1.75. The van der Waals surface area contributed by atoms with E-state index >= 15 is 0 Å². The molecule has 2 aromatic rings. The highest BCUT2D eigenvalue weighted by molar-refractivity contribution is 5.75. The molecule has 0 fully saturated rings. The molecule has 5 heteroatoms. The highest BCUT2D eigenvalue weighted by Gasteiger charge is 2.18. The number of benzene rings is 1. The first-order chi connectivity index (χ1) is 8.77. The van der Waals surface area contributed by atoms with E-state index < -0.39 is 12.0 Å². The fourth-order valence-corrected chi connectivity index (χ4v) is 1.75. The summed E-state index contributed by atoms with van der Waals surface area (Å²) in [4.78, 5) is 15.1. The third kappa shape index (κ3) is 3.18. The molecule has 1 aromatic heterocycles. The zero-order chi connectivity index (χ0) is 12.8.